The van der Waals surface area contributed by atoms with Gasteiger partial charge in [-0.2, -0.15) is 0 Å². The van der Waals surface area contributed by atoms with Gasteiger partial charge in [0.05, 0.1) is 24.8 Å². The van der Waals surface area contributed by atoms with Crippen molar-refractivity contribution in [3.63, 3.8) is 0 Å². The van der Waals surface area contributed by atoms with Gasteiger partial charge >= 0.3 is 0 Å². The highest BCUT2D eigenvalue weighted by molar-refractivity contribution is 6.46. The molecule has 1 aliphatic heterocycles. The normalized spacial score (nSPS) is 18.1. The van der Waals surface area contributed by atoms with Gasteiger partial charge in [-0.15, -0.1) is 0 Å². The predicted octanol–water partition coefficient (Wildman–Crippen LogP) is 3.50. The third-order valence-corrected chi connectivity index (χ3v) is 4.97. The molecule has 1 unspecified atom stereocenters. The van der Waals surface area contributed by atoms with Gasteiger partial charge in [0, 0.05) is 19.2 Å². The van der Waals surface area contributed by atoms with Gasteiger partial charge in [0.25, 0.3) is 11.7 Å². The average molecular weight is 425 g/mol. The second-order valence-corrected chi connectivity index (χ2v) is 7.81. The largest absolute Gasteiger partial charge is 0.508 e. The number of hydrogen-bond acceptors (Lipinski definition) is 6. The van der Waals surface area contributed by atoms with E-state index in [2.05, 4.69) is 0 Å². The molecule has 1 fully saturated rings. The van der Waals surface area contributed by atoms with Crippen LogP contribution in [0.15, 0.2) is 54.1 Å². The first-order chi connectivity index (χ1) is 14.8. The first-order valence-corrected chi connectivity index (χ1v) is 10.1. The van der Waals surface area contributed by atoms with E-state index in [1.807, 2.05) is 13.8 Å². The maximum atomic E-state index is 12.9. The van der Waals surface area contributed by atoms with E-state index in [1.54, 1.807) is 36.4 Å². The molecule has 0 aromatic heterocycles. The highest BCUT2D eigenvalue weighted by Crippen LogP contribution is 2.40. The van der Waals surface area contributed by atoms with Crippen LogP contribution in [0.4, 0.5) is 0 Å². The first kappa shape index (κ1) is 22.4. The quantitative estimate of drug-likeness (QED) is 0.382. The molecule has 1 aliphatic rings. The van der Waals surface area contributed by atoms with E-state index < -0.39 is 17.7 Å². The molecule has 2 aromatic rings. The van der Waals surface area contributed by atoms with E-state index in [0.717, 1.165) is 0 Å². The molecule has 7 heteroatoms. The van der Waals surface area contributed by atoms with Crippen molar-refractivity contribution in [2.45, 2.75) is 19.9 Å². The van der Waals surface area contributed by atoms with Crippen LogP contribution in [0.25, 0.3) is 5.76 Å². The smallest absolute Gasteiger partial charge is 0.295 e. The Hall–Kier alpha value is -3.32. The molecule has 1 atom stereocenters. The number of aromatic hydroxyl groups is 1. The summed E-state index contributed by atoms with van der Waals surface area (Å²) in [7, 11) is 1.50. The fourth-order valence-electron chi connectivity index (χ4n) is 3.47. The molecule has 0 aliphatic carbocycles. The summed E-state index contributed by atoms with van der Waals surface area (Å²) in [6, 6.07) is 12.2. The zero-order valence-corrected chi connectivity index (χ0v) is 17.9. The lowest BCUT2D eigenvalue weighted by atomic mass is 9.95. The molecule has 0 spiro atoms. The molecule has 1 amide bonds. The van der Waals surface area contributed by atoms with Crippen molar-refractivity contribution in [2.75, 3.05) is 26.9 Å². The number of aliphatic hydroxyl groups is 1. The van der Waals surface area contributed by atoms with Gasteiger partial charge in [-0.1, -0.05) is 26.0 Å². The minimum absolute atomic E-state index is 0.00137. The minimum Gasteiger partial charge on any atom is -0.508 e. The molecular formula is C24H27NO6. The average Bonchev–Trinajstić information content (AvgIpc) is 3.01. The van der Waals surface area contributed by atoms with Crippen molar-refractivity contribution < 1.29 is 29.3 Å². The Kier molecular flexibility index (Phi) is 6.97. The van der Waals surface area contributed by atoms with Crippen LogP contribution in [0, 0.1) is 5.92 Å². The maximum absolute atomic E-state index is 12.9. The Bertz CT molecular complexity index is 980. The van der Waals surface area contributed by atoms with Gasteiger partial charge in [-0.25, -0.2) is 0 Å². The standard InChI is InChI=1S/C24H27NO6/c1-15(2)14-31-19-9-7-16(8-10-19)22(27)20-21(17-5-4-6-18(26)13-17)25(11-12-30-3)24(29)23(20)28/h4-10,13,15,21,26-27H,11-12,14H2,1-3H3/b22-20-. The number of nitrogens with zero attached hydrogens (tertiary/aromatic N) is 1. The van der Waals surface area contributed by atoms with E-state index in [4.69, 9.17) is 9.47 Å². The summed E-state index contributed by atoms with van der Waals surface area (Å²) >= 11 is 0. The fourth-order valence-corrected chi connectivity index (χ4v) is 3.47. The summed E-state index contributed by atoms with van der Waals surface area (Å²) in [5.74, 6) is -0.747. The second kappa shape index (κ2) is 9.66. The van der Waals surface area contributed by atoms with Crippen LogP contribution >= 0.6 is 0 Å². The fraction of sp³-hybridized carbons (Fsp3) is 0.333. The Balaban J connectivity index is 2.03. The number of carbonyl (C=O) groups excluding carboxylic acids is 2. The van der Waals surface area contributed by atoms with E-state index in [0.29, 0.717) is 29.4 Å². The van der Waals surface area contributed by atoms with Crippen molar-refractivity contribution in [1.29, 1.82) is 0 Å². The number of hydrogen-bond donors (Lipinski definition) is 2. The number of carbonyl (C=O) groups is 2. The number of Topliss-reactive ketones (excluding diaryl/α,β-unsaturated/α-hetero) is 1. The molecule has 0 saturated carbocycles. The van der Waals surface area contributed by atoms with Crippen LogP contribution in [0.2, 0.25) is 0 Å². The molecule has 2 aromatic carbocycles. The molecule has 7 nitrogen and oxygen atoms in total. The van der Waals surface area contributed by atoms with Crippen molar-refractivity contribution in [3.05, 3.63) is 65.2 Å². The monoisotopic (exact) mass is 425 g/mol. The molecule has 31 heavy (non-hydrogen) atoms. The first-order valence-electron chi connectivity index (χ1n) is 10.1. The van der Waals surface area contributed by atoms with Gasteiger partial charge in [-0.05, 0) is 47.9 Å². The van der Waals surface area contributed by atoms with Crippen LogP contribution in [-0.4, -0.2) is 53.7 Å². The molecule has 1 saturated heterocycles. The van der Waals surface area contributed by atoms with Crippen LogP contribution in [0.5, 0.6) is 11.5 Å². The predicted molar refractivity (Wildman–Crippen MR) is 116 cm³/mol. The van der Waals surface area contributed by atoms with Gasteiger partial charge in [0.1, 0.15) is 17.3 Å². The number of ketones is 1. The molecule has 1 heterocycles. The number of rotatable bonds is 8. The number of phenolic OH excluding ortho intramolecular Hbond substituents is 1. The Labute approximate surface area is 181 Å². The van der Waals surface area contributed by atoms with Crippen LogP contribution in [0.1, 0.15) is 31.0 Å². The zero-order chi connectivity index (χ0) is 22.5. The van der Waals surface area contributed by atoms with Crippen molar-refractivity contribution in [1.82, 2.24) is 4.90 Å². The van der Waals surface area contributed by atoms with Gasteiger partial charge in [0.2, 0.25) is 0 Å². The van der Waals surface area contributed by atoms with Crippen LogP contribution in [-0.2, 0) is 14.3 Å². The molecule has 0 radical (unpaired) electrons. The van der Waals surface area contributed by atoms with Gasteiger partial charge < -0.3 is 24.6 Å². The lowest BCUT2D eigenvalue weighted by molar-refractivity contribution is -0.140. The second-order valence-electron chi connectivity index (χ2n) is 7.81. The Morgan fingerprint density at radius 2 is 1.84 bits per heavy atom. The lowest BCUT2D eigenvalue weighted by Crippen LogP contribution is -2.32. The number of amides is 1. The molecule has 164 valence electrons. The number of ether oxygens (including phenoxy) is 2. The Morgan fingerprint density at radius 3 is 2.45 bits per heavy atom. The maximum Gasteiger partial charge on any atom is 0.295 e. The van der Waals surface area contributed by atoms with Crippen LogP contribution < -0.4 is 4.74 Å². The molecule has 0 bridgehead atoms. The summed E-state index contributed by atoms with van der Waals surface area (Å²) in [4.78, 5) is 26.9. The zero-order valence-electron chi connectivity index (χ0n) is 17.9. The molecule has 2 N–H and O–H groups in total. The van der Waals surface area contributed by atoms with E-state index in [-0.39, 0.29) is 30.2 Å². The highest BCUT2D eigenvalue weighted by atomic mass is 16.5. The van der Waals surface area contributed by atoms with Crippen LogP contribution in [0.3, 0.4) is 0 Å². The summed E-state index contributed by atoms with van der Waals surface area (Å²) < 4.78 is 10.7. The SMILES string of the molecule is COCCN1C(=O)C(=O)/C(=C(\O)c2ccc(OCC(C)C)cc2)C1c1cccc(O)c1. The van der Waals surface area contributed by atoms with Gasteiger partial charge in [-0.3, -0.25) is 9.59 Å². The summed E-state index contributed by atoms with van der Waals surface area (Å²) in [6.45, 7) is 5.05. The number of likely N-dealkylation sites (tertiary alicyclic amines) is 1. The Morgan fingerprint density at radius 1 is 1.13 bits per heavy atom. The van der Waals surface area contributed by atoms with Crippen molar-refractivity contribution in [2.24, 2.45) is 5.92 Å². The molecular weight excluding hydrogens is 398 g/mol. The molecule has 3 rings (SSSR count). The van der Waals surface area contributed by atoms with E-state index in [9.17, 15) is 19.8 Å². The summed E-state index contributed by atoms with van der Waals surface area (Å²) in [5, 5.41) is 20.9. The number of phenols is 1. The van der Waals surface area contributed by atoms with Crippen molar-refractivity contribution in [3.8, 4) is 11.5 Å². The number of benzene rings is 2. The lowest BCUT2D eigenvalue weighted by Gasteiger charge is -2.25. The number of methoxy groups -OCH3 is 1. The minimum atomic E-state index is -0.834. The topological polar surface area (TPSA) is 96.3 Å². The van der Waals surface area contributed by atoms with E-state index in [1.165, 1.54) is 24.1 Å². The van der Waals surface area contributed by atoms with E-state index >= 15 is 0 Å². The summed E-state index contributed by atoms with van der Waals surface area (Å²) in [5.41, 5.74) is 0.892. The third kappa shape index (κ3) is 4.88. The van der Waals surface area contributed by atoms with Crippen molar-refractivity contribution >= 4 is 17.4 Å². The highest BCUT2D eigenvalue weighted by Gasteiger charge is 2.45. The number of aliphatic hydroxyl groups excluding tert-OH is 1. The third-order valence-electron chi connectivity index (χ3n) is 4.97. The summed E-state index contributed by atoms with van der Waals surface area (Å²) in [6.07, 6.45) is 0. The van der Waals surface area contributed by atoms with Gasteiger partial charge in [0.15, 0.2) is 0 Å².